The number of nitrogens with one attached hydrogen (secondary N) is 1. The quantitative estimate of drug-likeness (QED) is 0.927. The van der Waals surface area contributed by atoms with E-state index in [4.69, 9.17) is 4.74 Å². The highest BCUT2D eigenvalue weighted by atomic mass is 16.5. The summed E-state index contributed by atoms with van der Waals surface area (Å²) >= 11 is 0. The highest BCUT2D eigenvalue weighted by Gasteiger charge is 2.30. The first-order valence-corrected chi connectivity index (χ1v) is 9.19. The van der Waals surface area contributed by atoms with Crippen LogP contribution in [0.2, 0.25) is 0 Å². The summed E-state index contributed by atoms with van der Waals surface area (Å²) < 4.78 is 6.21. The number of nitrogens with zero attached hydrogens (tertiary/aromatic N) is 2. The van der Waals surface area contributed by atoms with Crippen molar-refractivity contribution < 1.29 is 4.74 Å². The fourth-order valence-electron chi connectivity index (χ4n) is 4.12. The van der Waals surface area contributed by atoms with Crippen molar-refractivity contribution in [2.75, 3.05) is 19.6 Å². The fraction of sp³-hybridized carbons (Fsp3) is 0.632. The summed E-state index contributed by atoms with van der Waals surface area (Å²) in [4.78, 5) is 2.65. The third-order valence-corrected chi connectivity index (χ3v) is 5.42. The van der Waals surface area contributed by atoms with Crippen molar-refractivity contribution in [3.8, 4) is 5.75 Å². The van der Waals surface area contributed by atoms with Crippen LogP contribution in [0.25, 0.3) is 0 Å². The van der Waals surface area contributed by atoms with Crippen LogP contribution >= 0.6 is 0 Å². The Balaban J connectivity index is 1.33. The third kappa shape index (κ3) is 3.52. The Morgan fingerprint density at radius 1 is 1.04 bits per heavy atom. The Hall–Kier alpha value is -1.55. The zero-order valence-corrected chi connectivity index (χ0v) is 13.8. The number of hydrazone groups is 1. The van der Waals surface area contributed by atoms with Gasteiger partial charge in [-0.3, -0.25) is 4.90 Å². The molecule has 0 unspecified atom stereocenters. The van der Waals surface area contributed by atoms with Crippen molar-refractivity contribution in [3.63, 3.8) is 0 Å². The Morgan fingerprint density at radius 2 is 1.87 bits per heavy atom. The predicted octanol–water partition coefficient (Wildman–Crippen LogP) is 3.17. The molecule has 2 fully saturated rings. The van der Waals surface area contributed by atoms with Gasteiger partial charge in [-0.25, -0.2) is 0 Å². The summed E-state index contributed by atoms with van der Waals surface area (Å²) in [6.07, 6.45) is 9.33. The monoisotopic (exact) mass is 313 g/mol. The van der Waals surface area contributed by atoms with Gasteiger partial charge in [-0.2, -0.15) is 5.10 Å². The van der Waals surface area contributed by atoms with Gasteiger partial charge in [0.25, 0.3) is 0 Å². The van der Waals surface area contributed by atoms with E-state index < -0.39 is 0 Å². The van der Waals surface area contributed by atoms with E-state index in [9.17, 15) is 0 Å². The molecular formula is C19H27N3O. The van der Waals surface area contributed by atoms with E-state index >= 15 is 0 Å². The maximum Gasteiger partial charge on any atom is 0.119 e. The van der Waals surface area contributed by atoms with Crippen LogP contribution in [-0.4, -0.2) is 42.4 Å². The van der Waals surface area contributed by atoms with Gasteiger partial charge < -0.3 is 10.2 Å². The molecule has 0 bridgehead atoms. The zero-order chi connectivity index (χ0) is 15.5. The zero-order valence-electron chi connectivity index (χ0n) is 13.8. The van der Waals surface area contributed by atoms with Gasteiger partial charge in [0.1, 0.15) is 11.9 Å². The van der Waals surface area contributed by atoms with Crippen LogP contribution in [0.4, 0.5) is 0 Å². The molecule has 0 spiro atoms. The molecule has 23 heavy (non-hydrogen) atoms. The Kier molecular flexibility index (Phi) is 4.51. The van der Waals surface area contributed by atoms with Gasteiger partial charge in [0.2, 0.25) is 0 Å². The molecule has 4 nitrogen and oxygen atoms in total. The number of ether oxygens (including phenoxy) is 1. The highest BCUT2D eigenvalue weighted by Crippen LogP contribution is 2.28. The standard InChI is InChI=1S/C19H27N3O/c1-2-5-16(4-1)22-13-11-18(14-22)23-17-9-7-15(8-10-17)19-6-3-12-20-21-19/h7-10,16,18,20H,1-6,11-14H2/t18-/m1/s1. The van der Waals surface area contributed by atoms with Crippen LogP contribution in [0, 0.1) is 0 Å². The molecule has 0 aromatic heterocycles. The van der Waals surface area contributed by atoms with E-state index in [2.05, 4.69) is 39.7 Å². The summed E-state index contributed by atoms with van der Waals surface area (Å²) in [5, 5.41) is 4.41. The molecule has 2 heterocycles. The minimum absolute atomic E-state index is 0.357. The second-order valence-corrected chi connectivity index (χ2v) is 7.06. The average Bonchev–Trinajstić information content (AvgIpc) is 3.28. The van der Waals surface area contributed by atoms with Crippen LogP contribution in [-0.2, 0) is 0 Å². The van der Waals surface area contributed by atoms with Crippen LogP contribution in [0.3, 0.4) is 0 Å². The first-order chi connectivity index (χ1) is 11.4. The van der Waals surface area contributed by atoms with Crippen LogP contribution in [0.5, 0.6) is 5.75 Å². The van der Waals surface area contributed by atoms with Gasteiger partial charge in [-0.1, -0.05) is 12.8 Å². The molecular weight excluding hydrogens is 286 g/mol. The van der Waals surface area contributed by atoms with E-state index in [0.717, 1.165) is 49.9 Å². The smallest absolute Gasteiger partial charge is 0.119 e. The summed E-state index contributed by atoms with van der Waals surface area (Å²) in [5.41, 5.74) is 5.46. The first-order valence-electron chi connectivity index (χ1n) is 9.19. The van der Waals surface area contributed by atoms with E-state index in [1.807, 2.05) is 0 Å². The molecule has 0 radical (unpaired) electrons. The molecule has 2 aliphatic heterocycles. The molecule has 1 saturated carbocycles. The number of rotatable bonds is 4. The lowest BCUT2D eigenvalue weighted by atomic mass is 10.0. The minimum atomic E-state index is 0.357. The van der Waals surface area contributed by atoms with Crippen molar-refractivity contribution in [3.05, 3.63) is 29.8 Å². The molecule has 4 rings (SSSR count). The molecule has 1 aliphatic carbocycles. The molecule has 1 N–H and O–H groups in total. The van der Waals surface area contributed by atoms with Gasteiger partial charge in [0.15, 0.2) is 0 Å². The van der Waals surface area contributed by atoms with E-state index in [1.54, 1.807) is 0 Å². The van der Waals surface area contributed by atoms with Crippen LogP contribution in [0.1, 0.15) is 50.5 Å². The van der Waals surface area contributed by atoms with Gasteiger partial charge >= 0.3 is 0 Å². The maximum atomic E-state index is 6.21. The SMILES string of the molecule is c1cc(C2=NNCCC2)ccc1O[C@@H]1CCN(C2CCCC2)C1. The largest absolute Gasteiger partial charge is 0.489 e. The maximum absolute atomic E-state index is 6.21. The lowest BCUT2D eigenvalue weighted by Gasteiger charge is -2.23. The number of hydrogen-bond donors (Lipinski definition) is 1. The van der Waals surface area contributed by atoms with Gasteiger partial charge in [0, 0.05) is 25.7 Å². The van der Waals surface area contributed by atoms with Crippen molar-refractivity contribution in [1.82, 2.24) is 10.3 Å². The lowest BCUT2D eigenvalue weighted by Crippen LogP contribution is -2.32. The van der Waals surface area contributed by atoms with Gasteiger partial charge in [-0.15, -0.1) is 0 Å². The Morgan fingerprint density at radius 3 is 2.61 bits per heavy atom. The average molecular weight is 313 g/mol. The van der Waals surface area contributed by atoms with E-state index in [-0.39, 0.29) is 0 Å². The van der Waals surface area contributed by atoms with Crippen LogP contribution < -0.4 is 10.2 Å². The molecule has 0 amide bonds. The number of benzene rings is 1. The Labute approximate surface area is 138 Å². The normalized spacial score (nSPS) is 26.1. The second-order valence-electron chi connectivity index (χ2n) is 7.06. The summed E-state index contributed by atoms with van der Waals surface area (Å²) in [6, 6.07) is 9.31. The molecule has 1 aromatic rings. The molecule has 1 saturated heterocycles. The number of hydrogen-bond acceptors (Lipinski definition) is 4. The lowest BCUT2D eigenvalue weighted by molar-refractivity contribution is 0.178. The summed E-state index contributed by atoms with van der Waals surface area (Å²) in [5.74, 6) is 0.997. The topological polar surface area (TPSA) is 36.9 Å². The van der Waals surface area contributed by atoms with Crippen molar-refractivity contribution in [2.45, 2.75) is 57.1 Å². The van der Waals surface area contributed by atoms with Gasteiger partial charge in [-0.05, 0) is 61.9 Å². The van der Waals surface area contributed by atoms with Crippen molar-refractivity contribution >= 4 is 5.71 Å². The van der Waals surface area contributed by atoms with E-state index in [1.165, 1.54) is 37.8 Å². The third-order valence-electron chi connectivity index (χ3n) is 5.42. The summed E-state index contributed by atoms with van der Waals surface area (Å²) in [6.45, 7) is 3.29. The Bertz CT molecular complexity index is 548. The van der Waals surface area contributed by atoms with Crippen molar-refractivity contribution in [1.29, 1.82) is 0 Å². The van der Waals surface area contributed by atoms with Crippen LogP contribution in [0.15, 0.2) is 29.4 Å². The predicted molar refractivity (Wildman–Crippen MR) is 93.1 cm³/mol. The number of likely N-dealkylation sites (tertiary alicyclic amines) is 1. The van der Waals surface area contributed by atoms with Crippen molar-refractivity contribution in [2.24, 2.45) is 5.10 Å². The fourth-order valence-corrected chi connectivity index (χ4v) is 4.12. The van der Waals surface area contributed by atoms with E-state index in [0.29, 0.717) is 6.10 Å². The molecule has 4 heteroatoms. The molecule has 3 aliphatic rings. The highest BCUT2D eigenvalue weighted by molar-refractivity contribution is 6.00. The second kappa shape index (κ2) is 6.91. The molecule has 124 valence electrons. The first kappa shape index (κ1) is 15.0. The minimum Gasteiger partial charge on any atom is -0.489 e. The molecule has 1 aromatic carbocycles. The molecule has 1 atom stereocenters. The van der Waals surface area contributed by atoms with Gasteiger partial charge in [0.05, 0.1) is 5.71 Å². The summed E-state index contributed by atoms with van der Waals surface area (Å²) in [7, 11) is 0.